The summed E-state index contributed by atoms with van der Waals surface area (Å²) >= 11 is 0. The summed E-state index contributed by atoms with van der Waals surface area (Å²) in [5.74, 6) is 2.01. The van der Waals surface area contributed by atoms with Gasteiger partial charge in [0, 0.05) is 35.7 Å². The lowest BCUT2D eigenvalue weighted by atomic mass is 9.81. The Morgan fingerprint density at radius 3 is 2.44 bits per heavy atom. The Bertz CT molecular complexity index is 1180. The van der Waals surface area contributed by atoms with Crippen molar-refractivity contribution in [3.63, 3.8) is 0 Å². The van der Waals surface area contributed by atoms with Crippen molar-refractivity contribution in [1.82, 2.24) is 5.01 Å². The van der Waals surface area contributed by atoms with Gasteiger partial charge in [0.05, 0.1) is 12.8 Å². The standard InChI is InChI=1S/C29H29FN2O2/c1-2-33-24-16-12-22(13-17-24)29-26(20-31-32-18-6-3-7-19-32)28(21-10-14-23(30)15-11-21)25-8-4-5-9-27(25)34-29/h4-5,8-17,20,28H,2-3,6-7,18-19H2,1H3/b31-20-/t28-/m0/s1. The molecule has 4 nitrogen and oxygen atoms in total. The summed E-state index contributed by atoms with van der Waals surface area (Å²) in [5.41, 5.74) is 3.95. The number of hydrogen-bond acceptors (Lipinski definition) is 4. The van der Waals surface area contributed by atoms with E-state index in [1.165, 1.54) is 18.6 Å². The molecule has 34 heavy (non-hydrogen) atoms. The number of benzene rings is 3. The van der Waals surface area contributed by atoms with Gasteiger partial charge in [-0.05, 0) is 74.2 Å². The molecule has 0 radical (unpaired) electrons. The third-order valence-corrected chi connectivity index (χ3v) is 6.34. The van der Waals surface area contributed by atoms with Crippen LogP contribution in [0.1, 0.15) is 48.8 Å². The van der Waals surface area contributed by atoms with Crippen LogP contribution in [0.4, 0.5) is 4.39 Å². The van der Waals surface area contributed by atoms with Gasteiger partial charge >= 0.3 is 0 Å². The highest BCUT2D eigenvalue weighted by Crippen LogP contribution is 2.45. The fourth-order valence-electron chi connectivity index (χ4n) is 4.66. The number of allylic oxidation sites excluding steroid dienone is 1. The molecular weight excluding hydrogens is 427 g/mol. The smallest absolute Gasteiger partial charge is 0.140 e. The van der Waals surface area contributed by atoms with Crippen molar-refractivity contribution < 1.29 is 13.9 Å². The Balaban J connectivity index is 1.65. The van der Waals surface area contributed by atoms with Gasteiger partial charge in [-0.25, -0.2) is 4.39 Å². The van der Waals surface area contributed by atoms with Crippen molar-refractivity contribution in [1.29, 1.82) is 0 Å². The summed E-state index contributed by atoms with van der Waals surface area (Å²) in [6.07, 6.45) is 5.51. The van der Waals surface area contributed by atoms with E-state index in [0.717, 1.165) is 65.5 Å². The van der Waals surface area contributed by atoms with Crippen molar-refractivity contribution in [3.8, 4) is 11.5 Å². The summed E-state index contributed by atoms with van der Waals surface area (Å²) in [4.78, 5) is 0. The van der Waals surface area contributed by atoms with E-state index < -0.39 is 0 Å². The maximum Gasteiger partial charge on any atom is 0.140 e. The number of hydrazone groups is 1. The van der Waals surface area contributed by atoms with Crippen LogP contribution in [0.2, 0.25) is 0 Å². The van der Waals surface area contributed by atoms with Gasteiger partial charge in [-0.1, -0.05) is 30.3 Å². The zero-order valence-electron chi connectivity index (χ0n) is 19.4. The molecular formula is C29H29FN2O2. The number of para-hydroxylation sites is 1. The predicted molar refractivity (Wildman–Crippen MR) is 134 cm³/mol. The maximum atomic E-state index is 13.8. The summed E-state index contributed by atoms with van der Waals surface area (Å²) < 4.78 is 25.9. The van der Waals surface area contributed by atoms with Crippen LogP contribution in [0, 0.1) is 5.82 Å². The highest BCUT2D eigenvalue weighted by Gasteiger charge is 2.31. The summed E-state index contributed by atoms with van der Waals surface area (Å²) in [6, 6.07) is 22.8. The number of hydrogen-bond donors (Lipinski definition) is 0. The molecule has 1 saturated heterocycles. The van der Waals surface area contributed by atoms with E-state index in [-0.39, 0.29) is 11.7 Å². The molecule has 1 atom stereocenters. The zero-order valence-corrected chi connectivity index (χ0v) is 19.4. The first-order chi connectivity index (χ1) is 16.7. The first kappa shape index (κ1) is 22.2. The highest BCUT2D eigenvalue weighted by molar-refractivity contribution is 5.94. The van der Waals surface area contributed by atoms with E-state index in [9.17, 15) is 4.39 Å². The lowest BCUT2D eigenvalue weighted by molar-refractivity contribution is 0.240. The molecule has 1 fully saturated rings. The van der Waals surface area contributed by atoms with Gasteiger partial charge in [0.25, 0.3) is 0 Å². The van der Waals surface area contributed by atoms with Gasteiger partial charge in [0.2, 0.25) is 0 Å². The summed E-state index contributed by atoms with van der Waals surface area (Å²) in [7, 11) is 0. The largest absolute Gasteiger partial charge is 0.494 e. The molecule has 2 aliphatic rings. The molecule has 0 unspecified atom stereocenters. The van der Waals surface area contributed by atoms with Gasteiger partial charge in [-0.2, -0.15) is 5.10 Å². The van der Waals surface area contributed by atoms with Gasteiger partial charge in [-0.3, -0.25) is 5.01 Å². The van der Waals surface area contributed by atoms with E-state index in [1.807, 2.05) is 67.7 Å². The molecule has 5 rings (SSSR count). The molecule has 5 heteroatoms. The molecule has 0 saturated carbocycles. The molecule has 3 aromatic carbocycles. The normalized spacial score (nSPS) is 18.1. The predicted octanol–water partition coefficient (Wildman–Crippen LogP) is 6.63. The van der Waals surface area contributed by atoms with E-state index in [4.69, 9.17) is 14.6 Å². The second kappa shape index (κ2) is 10.1. The van der Waals surface area contributed by atoms with Crippen molar-refractivity contribution in [2.45, 2.75) is 32.1 Å². The SMILES string of the molecule is CCOc1ccc(C2=C(/C=N\N3CCCCC3)[C@@H](c3ccc(F)cc3)c3ccccc3O2)cc1. The second-order valence-electron chi connectivity index (χ2n) is 8.63. The third-order valence-electron chi connectivity index (χ3n) is 6.34. The third kappa shape index (κ3) is 4.69. The van der Waals surface area contributed by atoms with E-state index in [0.29, 0.717) is 6.61 Å². The van der Waals surface area contributed by atoms with Crippen LogP contribution in [0.5, 0.6) is 11.5 Å². The maximum absolute atomic E-state index is 13.8. The Labute approximate surface area is 200 Å². The van der Waals surface area contributed by atoms with Crippen molar-refractivity contribution >= 4 is 12.0 Å². The van der Waals surface area contributed by atoms with Crippen molar-refractivity contribution in [2.24, 2.45) is 5.10 Å². The number of fused-ring (bicyclic) bond motifs is 1. The molecule has 174 valence electrons. The van der Waals surface area contributed by atoms with Crippen molar-refractivity contribution in [2.75, 3.05) is 19.7 Å². The molecule has 3 aromatic rings. The number of nitrogens with zero attached hydrogens (tertiary/aromatic N) is 2. The molecule has 0 aromatic heterocycles. The molecule has 2 heterocycles. The molecule has 0 spiro atoms. The lowest BCUT2D eigenvalue weighted by Crippen LogP contribution is -2.25. The molecule has 0 N–H and O–H groups in total. The molecule has 0 bridgehead atoms. The minimum absolute atomic E-state index is 0.124. The number of ether oxygens (including phenoxy) is 2. The first-order valence-corrected chi connectivity index (χ1v) is 12.0. The van der Waals surface area contributed by atoms with E-state index >= 15 is 0 Å². The van der Waals surface area contributed by atoms with Crippen LogP contribution in [-0.2, 0) is 0 Å². The molecule has 0 aliphatic carbocycles. The van der Waals surface area contributed by atoms with Crippen LogP contribution in [0.3, 0.4) is 0 Å². The average Bonchev–Trinajstić information content (AvgIpc) is 2.88. The Morgan fingerprint density at radius 1 is 0.971 bits per heavy atom. The minimum atomic E-state index is -0.247. The Kier molecular flexibility index (Phi) is 6.61. The lowest BCUT2D eigenvalue weighted by Gasteiger charge is -2.30. The summed E-state index contributed by atoms with van der Waals surface area (Å²) in [6.45, 7) is 4.51. The van der Waals surface area contributed by atoms with Gasteiger partial charge in [0.1, 0.15) is 23.1 Å². The zero-order chi connectivity index (χ0) is 23.3. The monoisotopic (exact) mass is 456 g/mol. The first-order valence-electron chi connectivity index (χ1n) is 12.0. The van der Waals surface area contributed by atoms with Crippen LogP contribution >= 0.6 is 0 Å². The summed E-state index contributed by atoms with van der Waals surface area (Å²) in [5, 5.41) is 7.00. The van der Waals surface area contributed by atoms with E-state index in [1.54, 1.807) is 0 Å². The topological polar surface area (TPSA) is 34.1 Å². The van der Waals surface area contributed by atoms with Gasteiger partial charge < -0.3 is 9.47 Å². The quantitative estimate of drug-likeness (QED) is 0.390. The van der Waals surface area contributed by atoms with E-state index in [2.05, 4.69) is 11.1 Å². The van der Waals surface area contributed by atoms with Crippen LogP contribution in [-0.4, -0.2) is 30.9 Å². The average molecular weight is 457 g/mol. The second-order valence-corrected chi connectivity index (χ2v) is 8.63. The Hall–Kier alpha value is -3.60. The van der Waals surface area contributed by atoms with Gasteiger partial charge in [-0.15, -0.1) is 0 Å². The van der Waals surface area contributed by atoms with Crippen LogP contribution in [0.25, 0.3) is 5.76 Å². The Morgan fingerprint density at radius 2 is 1.71 bits per heavy atom. The van der Waals surface area contributed by atoms with Crippen LogP contribution < -0.4 is 9.47 Å². The fourth-order valence-corrected chi connectivity index (χ4v) is 4.66. The highest BCUT2D eigenvalue weighted by atomic mass is 19.1. The molecule has 2 aliphatic heterocycles. The number of piperidine rings is 1. The fraction of sp³-hybridized carbons (Fsp3) is 0.276. The van der Waals surface area contributed by atoms with Crippen molar-refractivity contribution in [3.05, 3.63) is 101 Å². The minimum Gasteiger partial charge on any atom is -0.494 e. The van der Waals surface area contributed by atoms with Crippen LogP contribution in [0.15, 0.2) is 83.5 Å². The van der Waals surface area contributed by atoms with Gasteiger partial charge in [0.15, 0.2) is 0 Å². The number of rotatable bonds is 6. The number of halogens is 1. The molecule has 0 amide bonds.